The summed E-state index contributed by atoms with van der Waals surface area (Å²) >= 11 is 1.47. The second-order valence-electron chi connectivity index (χ2n) is 7.29. The number of fused-ring (bicyclic) bond motifs is 1. The highest BCUT2D eigenvalue weighted by Crippen LogP contribution is 2.35. The Hall–Kier alpha value is -3.32. The smallest absolute Gasteiger partial charge is 0.263 e. The maximum Gasteiger partial charge on any atom is 0.263 e. The molecule has 4 rings (SSSR count). The zero-order valence-corrected chi connectivity index (χ0v) is 18.2. The van der Waals surface area contributed by atoms with Crippen molar-refractivity contribution in [2.45, 2.75) is 26.9 Å². The molecule has 2 aromatic heterocycles. The second kappa shape index (κ2) is 8.81. The predicted molar refractivity (Wildman–Crippen MR) is 122 cm³/mol. The van der Waals surface area contributed by atoms with Crippen LogP contribution in [-0.4, -0.2) is 26.9 Å². The number of rotatable bonds is 6. The number of benzene rings is 2. The first-order valence-electron chi connectivity index (χ1n) is 10.0. The molecule has 0 saturated heterocycles. The summed E-state index contributed by atoms with van der Waals surface area (Å²) in [6, 6.07) is 15.9. The van der Waals surface area contributed by atoms with Gasteiger partial charge in [-0.25, -0.2) is 9.37 Å². The molecule has 0 aliphatic rings. The number of hydrogen-bond acceptors (Lipinski definition) is 4. The summed E-state index contributed by atoms with van der Waals surface area (Å²) in [5, 5.41) is 0.539. The van der Waals surface area contributed by atoms with Crippen molar-refractivity contribution in [2.24, 2.45) is 0 Å². The quantitative estimate of drug-likeness (QED) is 0.444. The molecular formula is C24H22FN3O2S. The summed E-state index contributed by atoms with van der Waals surface area (Å²) < 4.78 is 14.9. The van der Waals surface area contributed by atoms with Crippen LogP contribution in [0.5, 0.6) is 0 Å². The van der Waals surface area contributed by atoms with Crippen LogP contribution in [0.15, 0.2) is 65.7 Å². The van der Waals surface area contributed by atoms with Crippen LogP contribution in [0.2, 0.25) is 0 Å². The van der Waals surface area contributed by atoms with Crippen molar-refractivity contribution in [2.75, 3.05) is 6.54 Å². The average Bonchev–Trinajstić information content (AvgIpc) is 3.11. The van der Waals surface area contributed by atoms with Crippen molar-refractivity contribution < 1.29 is 9.18 Å². The van der Waals surface area contributed by atoms with Gasteiger partial charge in [0.05, 0.1) is 11.7 Å². The first kappa shape index (κ1) is 20.9. The number of halogens is 1. The molecule has 0 fully saturated rings. The number of thiophene rings is 1. The molecule has 4 aromatic rings. The van der Waals surface area contributed by atoms with E-state index in [1.165, 1.54) is 34.4 Å². The van der Waals surface area contributed by atoms with Crippen molar-refractivity contribution in [3.8, 4) is 11.1 Å². The van der Waals surface area contributed by atoms with Gasteiger partial charge >= 0.3 is 0 Å². The fourth-order valence-corrected chi connectivity index (χ4v) is 4.68. The maximum atomic E-state index is 13.5. The minimum Gasteiger partial charge on any atom is -0.337 e. The normalized spacial score (nSPS) is 11.1. The molecule has 0 unspecified atom stereocenters. The van der Waals surface area contributed by atoms with E-state index in [9.17, 15) is 14.0 Å². The molecule has 0 aliphatic carbocycles. The highest BCUT2D eigenvalue weighted by atomic mass is 32.1. The van der Waals surface area contributed by atoms with Gasteiger partial charge in [-0.15, -0.1) is 11.3 Å². The number of aryl methyl sites for hydroxylation is 1. The topological polar surface area (TPSA) is 55.2 Å². The number of nitrogens with zero attached hydrogens (tertiary/aromatic N) is 3. The summed E-state index contributed by atoms with van der Waals surface area (Å²) in [5.74, 6) is -0.559. The van der Waals surface area contributed by atoms with Gasteiger partial charge in [-0.1, -0.05) is 42.5 Å². The SMILES string of the molecule is CCN(Cc1cccc(F)c1)C(=O)Cn1cnc2sc(C)c(-c3ccccc3)c2c1=O. The largest absolute Gasteiger partial charge is 0.337 e. The molecule has 0 saturated carbocycles. The van der Waals surface area contributed by atoms with Crippen LogP contribution < -0.4 is 5.56 Å². The average molecular weight is 436 g/mol. The van der Waals surface area contributed by atoms with E-state index in [2.05, 4.69) is 4.98 Å². The summed E-state index contributed by atoms with van der Waals surface area (Å²) in [6.45, 7) is 4.45. The van der Waals surface area contributed by atoms with Crippen molar-refractivity contribution in [3.63, 3.8) is 0 Å². The number of amides is 1. The Balaban J connectivity index is 1.66. The van der Waals surface area contributed by atoms with Gasteiger partial charge in [0.15, 0.2) is 0 Å². The lowest BCUT2D eigenvalue weighted by atomic mass is 10.0. The molecule has 5 nitrogen and oxygen atoms in total. The predicted octanol–water partition coefficient (Wildman–Crippen LogP) is 4.62. The van der Waals surface area contributed by atoms with E-state index in [-0.39, 0.29) is 30.4 Å². The van der Waals surface area contributed by atoms with Crippen LogP contribution in [0, 0.1) is 12.7 Å². The first-order chi connectivity index (χ1) is 15.0. The highest BCUT2D eigenvalue weighted by Gasteiger charge is 2.19. The van der Waals surface area contributed by atoms with Crippen molar-refractivity contribution in [3.05, 3.63) is 87.5 Å². The number of carbonyl (C=O) groups excluding carboxylic acids is 1. The number of likely N-dealkylation sites (N-methyl/N-ethyl adjacent to an activating group) is 1. The van der Waals surface area contributed by atoms with Gasteiger partial charge in [0.1, 0.15) is 17.2 Å². The molecule has 0 N–H and O–H groups in total. The molecule has 31 heavy (non-hydrogen) atoms. The Morgan fingerprint density at radius 3 is 2.65 bits per heavy atom. The third-order valence-corrected chi connectivity index (χ3v) is 6.23. The third-order valence-electron chi connectivity index (χ3n) is 5.22. The molecule has 0 spiro atoms. The highest BCUT2D eigenvalue weighted by molar-refractivity contribution is 7.19. The summed E-state index contributed by atoms with van der Waals surface area (Å²) in [6.07, 6.45) is 1.43. The van der Waals surface area contributed by atoms with Gasteiger partial charge in [0.2, 0.25) is 5.91 Å². The van der Waals surface area contributed by atoms with Crippen molar-refractivity contribution in [1.29, 1.82) is 0 Å². The minimum absolute atomic E-state index is 0.117. The Morgan fingerprint density at radius 2 is 1.94 bits per heavy atom. The lowest BCUT2D eigenvalue weighted by Crippen LogP contribution is -2.36. The first-order valence-corrected chi connectivity index (χ1v) is 10.9. The van der Waals surface area contributed by atoms with Crippen molar-refractivity contribution >= 4 is 27.5 Å². The summed E-state index contributed by atoms with van der Waals surface area (Å²) in [4.78, 5) is 33.9. The Morgan fingerprint density at radius 1 is 1.16 bits per heavy atom. The molecule has 7 heteroatoms. The van der Waals surface area contributed by atoms with Gasteiger partial charge in [-0.3, -0.25) is 14.2 Å². The van der Waals surface area contributed by atoms with Gasteiger partial charge in [0.25, 0.3) is 5.56 Å². The summed E-state index contributed by atoms with van der Waals surface area (Å²) in [7, 11) is 0. The molecule has 158 valence electrons. The second-order valence-corrected chi connectivity index (χ2v) is 8.50. The monoisotopic (exact) mass is 435 g/mol. The third kappa shape index (κ3) is 4.27. The molecule has 0 radical (unpaired) electrons. The molecule has 0 bridgehead atoms. The van der Waals surface area contributed by atoms with E-state index in [4.69, 9.17) is 0 Å². The van der Waals surface area contributed by atoms with E-state index in [0.717, 1.165) is 16.0 Å². The van der Waals surface area contributed by atoms with Gasteiger partial charge in [0, 0.05) is 23.5 Å². The molecule has 0 atom stereocenters. The Labute approximate surface area is 183 Å². The van der Waals surface area contributed by atoms with E-state index < -0.39 is 0 Å². The van der Waals surface area contributed by atoms with Gasteiger partial charge in [-0.05, 0) is 37.1 Å². The van der Waals surface area contributed by atoms with Crippen LogP contribution in [0.4, 0.5) is 4.39 Å². The summed E-state index contributed by atoms with van der Waals surface area (Å²) in [5.41, 5.74) is 2.29. The fraction of sp³-hybridized carbons (Fsp3) is 0.208. The molecule has 2 heterocycles. The molecular weight excluding hydrogens is 413 g/mol. The lowest BCUT2D eigenvalue weighted by molar-refractivity contribution is -0.132. The van der Waals surface area contributed by atoms with Crippen LogP contribution in [0.3, 0.4) is 0 Å². The van der Waals surface area contributed by atoms with Gasteiger partial charge < -0.3 is 4.90 Å². The number of aromatic nitrogens is 2. The molecule has 1 amide bonds. The standard InChI is InChI=1S/C24H22FN3O2S/c1-3-27(13-17-8-7-11-19(25)12-17)20(29)14-28-15-26-23-22(24(28)30)21(16(2)31-23)18-9-5-4-6-10-18/h4-12,15H,3,13-14H2,1-2H3. The molecule has 2 aromatic carbocycles. The zero-order chi connectivity index (χ0) is 22.0. The maximum absolute atomic E-state index is 13.5. The minimum atomic E-state index is -0.340. The van der Waals surface area contributed by atoms with E-state index in [0.29, 0.717) is 22.3 Å². The molecule has 0 aliphatic heterocycles. The van der Waals surface area contributed by atoms with E-state index in [1.54, 1.807) is 17.0 Å². The van der Waals surface area contributed by atoms with Crippen LogP contribution in [-0.2, 0) is 17.9 Å². The number of carbonyl (C=O) groups is 1. The van der Waals surface area contributed by atoms with E-state index in [1.807, 2.05) is 44.2 Å². The Bertz CT molecular complexity index is 1300. The number of hydrogen-bond donors (Lipinski definition) is 0. The fourth-order valence-electron chi connectivity index (χ4n) is 3.68. The Kier molecular flexibility index (Phi) is 5.95. The van der Waals surface area contributed by atoms with E-state index >= 15 is 0 Å². The van der Waals surface area contributed by atoms with Crippen LogP contribution in [0.25, 0.3) is 21.3 Å². The van der Waals surface area contributed by atoms with Crippen LogP contribution in [0.1, 0.15) is 17.4 Å². The van der Waals surface area contributed by atoms with Gasteiger partial charge in [-0.2, -0.15) is 0 Å². The zero-order valence-electron chi connectivity index (χ0n) is 17.3. The lowest BCUT2D eigenvalue weighted by Gasteiger charge is -2.21. The van der Waals surface area contributed by atoms with Crippen LogP contribution >= 0.6 is 11.3 Å². The van der Waals surface area contributed by atoms with Crippen molar-refractivity contribution in [1.82, 2.24) is 14.5 Å².